The van der Waals surface area contributed by atoms with Gasteiger partial charge >= 0.3 is 11.9 Å². The zero-order valence-corrected chi connectivity index (χ0v) is 10.4. The molecule has 0 amide bonds. The smallest absolute Gasteiger partial charge is 0.309 e. The van der Waals surface area contributed by atoms with E-state index in [2.05, 4.69) is 4.74 Å². The molecule has 1 aromatic rings. The van der Waals surface area contributed by atoms with Crippen LogP contribution < -0.4 is 4.74 Å². The molecule has 0 spiro atoms. The molecule has 1 aromatic carbocycles. The molecule has 0 saturated heterocycles. The Kier molecular flexibility index (Phi) is 5.17. The SMILES string of the molecule is COC(=O)[C@@H](CC(=O)O)Cc1ccc(OC)cc1. The average molecular weight is 252 g/mol. The quantitative estimate of drug-likeness (QED) is 0.777. The summed E-state index contributed by atoms with van der Waals surface area (Å²) in [5.41, 5.74) is 0.868. The van der Waals surface area contributed by atoms with Crippen molar-refractivity contribution in [1.29, 1.82) is 0 Å². The molecule has 1 N–H and O–H groups in total. The zero-order valence-electron chi connectivity index (χ0n) is 10.4. The fourth-order valence-electron chi connectivity index (χ4n) is 1.66. The molecule has 0 saturated carbocycles. The lowest BCUT2D eigenvalue weighted by Crippen LogP contribution is -2.22. The van der Waals surface area contributed by atoms with Gasteiger partial charge < -0.3 is 14.6 Å². The maximum absolute atomic E-state index is 11.5. The number of aliphatic carboxylic acids is 1. The van der Waals surface area contributed by atoms with Crippen LogP contribution in [0.15, 0.2) is 24.3 Å². The molecule has 0 radical (unpaired) electrons. The van der Waals surface area contributed by atoms with Crippen LogP contribution in [0.3, 0.4) is 0 Å². The van der Waals surface area contributed by atoms with Crippen LogP contribution >= 0.6 is 0 Å². The number of benzene rings is 1. The average Bonchev–Trinajstić information content (AvgIpc) is 2.37. The molecular formula is C13H16O5. The third kappa shape index (κ3) is 4.08. The monoisotopic (exact) mass is 252 g/mol. The number of methoxy groups -OCH3 is 2. The Morgan fingerprint density at radius 2 is 1.83 bits per heavy atom. The van der Waals surface area contributed by atoms with Crippen molar-refractivity contribution >= 4 is 11.9 Å². The van der Waals surface area contributed by atoms with Gasteiger partial charge in [-0.2, -0.15) is 0 Å². The summed E-state index contributed by atoms with van der Waals surface area (Å²) >= 11 is 0. The molecule has 98 valence electrons. The van der Waals surface area contributed by atoms with Crippen molar-refractivity contribution in [3.8, 4) is 5.75 Å². The van der Waals surface area contributed by atoms with Crippen molar-refractivity contribution in [2.45, 2.75) is 12.8 Å². The predicted molar refractivity (Wildman–Crippen MR) is 64.5 cm³/mol. The molecule has 5 nitrogen and oxygen atoms in total. The molecule has 0 bridgehead atoms. The highest BCUT2D eigenvalue weighted by Gasteiger charge is 2.22. The van der Waals surface area contributed by atoms with Gasteiger partial charge in [-0.15, -0.1) is 0 Å². The first-order valence-electron chi connectivity index (χ1n) is 5.49. The van der Waals surface area contributed by atoms with Gasteiger partial charge in [0.15, 0.2) is 0 Å². The largest absolute Gasteiger partial charge is 0.497 e. The molecule has 18 heavy (non-hydrogen) atoms. The first-order valence-corrected chi connectivity index (χ1v) is 5.49. The van der Waals surface area contributed by atoms with Gasteiger partial charge in [-0.1, -0.05) is 12.1 Å². The molecule has 0 aromatic heterocycles. The van der Waals surface area contributed by atoms with E-state index in [1.807, 2.05) is 0 Å². The maximum atomic E-state index is 11.5. The van der Waals surface area contributed by atoms with E-state index in [4.69, 9.17) is 9.84 Å². The molecule has 0 fully saturated rings. The highest BCUT2D eigenvalue weighted by atomic mass is 16.5. The predicted octanol–water partition coefficient (Wildman–Crippen LogP) is 1.50. The van der Waals surface area contributed by atoms with Crippen molar-refractivity contribution in [3.63, 3.8) is 0 Å². The number of rotatable bonds is 6. The molecule has 0 aliphatic rings. The van der Waals surface area contributed by atoms with Gasteiger partial charge in [0.05, 0.1) is 26.6 Å². The maximum Gasteiger partial charge on any atom is 0.309 e. The van der Waals surface area contributed by atoms with Crippen LogP contribution in [-0.2, 0) is 20.7 Å². The number of ether oxygens (including phenoxy) is 2. The molecule has 1 rings (SSSR count). The Labute approximate surface area is 105 Å². The minimum Gasteiger partial charge on any atom is -0.497 e. The third-order valence-electron chi connectivity index (χ3n) is 2.60. The van der Waals surface area contributed by atoms with E-state index in [1.165, 1.54) is 7.11 Å². The fourth-order valence-corrected chi connectivity index (χ4v) is 1.66. The molecule has 0 aliphatic heterocycles. The summed E-state index contributed by atoms with van der Waals surface area (Å²) in [6.45, 7) is 0. The van der Waals surface area contributed by atoms with Crippen molar-refractivity contribution in [2.24, 2.45) is 5.92 Å². The summed E-state index contributed by atoms with van der Waals surface area (Å²) in [6, 6.07) is 7.14. The number of carbonyl (C=O) groups is 2. The summed E-state index contributed by atoms with van der Waals surface area (Å²) in [7, 11) is 2.82. The third-order valence-corrected chi connectivity index (χ3v) is 2.60. The number of esters is 1. The van der Waals surface area contributed by atoms with Gasteiger partial charge in [0.25, 0.3) is 0 Å². The van der Waals surface area contributed by atoms with E-state index in [9.17, 15) is 9.59 Å². The Bertz CT molecular complexity index is 410. The van der Waals surface area contributed by atoms with Crippen LogP contribution in [0.4, 0.5) is 0 Å². The molecule has 0 unspecified atom stereocenters. The summed E-state index contributed by atoms with van der Waals surface area (Å²) in [5.74, 6) is -1.47. The Morgan fingerprint density at radius 1 is 1.22 bits per heavy atom. The zero-order chi connectivity index (χ0) is 13.5. The summed E-state index contributed by atoms with van der Waals surface area (Å²) in [6.07, 6.45) is 0.0989. The molecular weight excluding hydrogens is 236 g/mol. The van der Waals surface area contributed by atoms with Gasteiger partial charge in [0.1, 0.15) is 5.75 Å². The Morgan fingerprint density at radius 3 is 2.28 bits per heavy atom. The summed E-state index contributed by atoms with van der Waals surface area (Å²) in [4.78, 5) is 22.2. The second-order valence-electron chi connectivity index (χ2n) is 3.87. The van der Waals surface area contributed by atoms with E-state index in [-0.39, 0.29) is 6.42 Å². The van der Waals surface area contributed by atoms with Gasteiger partial charge in [-0.25, -0.2) is 0 Å². The van der Waals surface area contributed by atoms with Crippen LogP contribution in [0.25, 0.3) is 0 Å². The number of carbonyl (C=O) groups excluding carboxylic acids is 1. The van der Waals surface area contributed by atoms with Crippen LogP contribution in [0.5, 0.6) is 5.75 Å². The van der Waals surface area contributed by atoms with Crippen LogP contribution in [0.1, 0.15) is 12.0 Å². The molecule has 0 heterocycles. The van der Waals surface area contributed by atoms with Crippen LogP contribution in [0, 0.1) is 5.92 Å². The lowest BCUT2D eigenvalue weighted by Gasteiger charge is -2.12. The molecule has 0 aliphatic carbocycles. The second-order valence-corrected chi connectivity index (χ2v) is 3.87. The lowest BCUT2D eigenvalue weighted by atomic mass is 9.96. The number of carboxylic acid groups (broad SMARTS) is 1. The Hall–Kier alpha value is -2.04. The van der Waals surface area contributed by atoms with Gasteiger partial charge in [-0.3, -0.25) is 9.59 Å². The fraction of sp³-hybridized carbons (Fsp3) is 0.385. The number of hydrogen-bond acceptors (Lipinski definition) is 4. The van der Waals surface area contributed by atoms with E-state index in [0.29, 0.717) is 12.2 Å². The van der Waals surface area contributed by atoms with Crippen molar-refractivity contribution < 1.29 is 24.2 Å². The number of carboxylic acids is 1. The van der Waals surface area contributed by atoms with Crippen LogP contribution in [-0.4, -0.2) is 31.3 Å². The van der Waals surface area contributed by atoms with E-state index < -0.39 is 17.9 Å². The number of hydrogen-bond donors (Lipinski definition) is 1. The highest BCUT2D eigenvalue weighted by molar-refractivity contribution is 5.79. The second kappa shape index (κ2) is 6.64. The minimum atomic E-state index is -1.01. The molecule has 5 heteroatoms. The lowest BCUT2D eigenvalue weighted by molar-refractivity contribution is -0.150. The molecule has 1 atom stereocenters. The summed E-state index contributed by atoms with van der Waals surface area (Å²) in [5, 5.41) is 8.76. The highest BCUT2D eigenvalue weighted by Crippen LogP contribution is 2.17. The first-order chi connectivity index (χ1) is 8.56. The standard InChI is InChI=1S/C13H16O5/c1-17-11-5-3-9(4-6-11)7-10(8-12(14)15)13(16)18-2/h3-6,10H,7-8H2,1-2H3,(H,14,15)/t10-/m1/s1. The first kappa shape index (κ1) is 14.0. The summed E-state index contributed by atoms with van der Waals surface area (Å²) < 4.78 is 9.62. The topological polar surface area (TPSA) is 72.8 Å². The van der Waals surface area contributed by atoms with Crippen molar-refractivity contribution in [1.82, 2.24) is 0 Å². The van der Waals surface area contributed by atoms with Crippen LogP contribution in [0.2, 0.25) is 0 Å². The van der Waals surface area contributed by atoms with E-state index in [0.717, 1.165) is 5.56 Å². The Balaban J connectivity index is 2.75. The van der Waals surface area contributed by atoms with Gasteiger partial charge in [-0.05, 0) is 24.1 Å². The van der Waals surface area contributed by atoms with Crippen molar-refractivity contribution in [3.05, 3.63) is 29.8 Å². The van der Waals surface area contributed by atoms with Gasteiger partial charge in [0, 0.05) is 0 Å². The van der Waals surface area contributed by atoms with Crippen molar-refractivity contribution in [2.75, 3.05) is 14.2 Å². The minimum absolute atomic E-state index is 0.237. The normalized spacial score (nSPS) is 11.7. The van der Waals surface area contributed by atoms with Gasteiger partial charge in [0.2, 0.25) is 0 Å². The van der Waals surface area contributed by atoms with E-state index >= 15 is 0 Å². The van der Waals surface area contributed by atoms with E-state index in [1.54, 1.807) is 31.4 Å².